The summed E-state index contributed by atoms with van der Waals surface area (Å²) in [4.78, 5) is 0. The van der Waals surface area contributed by atoms with Gasteiger partial charge in [-0.2, -0.15) is 0 Å². The van der Waals surface area contributed by atoms with Crippen LogP contribution in [0, 0.1) is 25.2 Å². The third kappa shape index (κ3) is 9.21. The van der Waals surface area contributed by atoms with Gasteiger partial charge in [0.1, 0.15) is 6.61 Å². The van der Waals surface area contributed by atoms with Gasteiger partial charge in [-0.05, 0) is 18.1 Å². The Bertz CT molecular complexity index is 876. The van der Waals surface area contributed by atoms with Crippen LogP contribution in [-0.4, -0.2) is 26.3 Å². The number of nitrogens with one attached hydrogen (secondary N) is 3. The minimum absolute atomic E-state index is 0. The zero-order chi connectivity index (χ0) is 22.4. The zero-order valence-electron chi connectivity index (χ0n) is 18.7. The number of terminal acetylenes is 1. The maximum absolute atomic E-state index is 5.56. The summed E-state index contributed by atoms with van der Waals surface area (Å²) in [5.74, 6) is 2.88. The van der Waals surface area contributed by atoms with Gasteiger partial charge in [0.05, 0.1) is 18.9 Å². The van der Waals surface area contributed by atoms with Gasteiger partial charge >= 0.3 is 0 Å². The van der Waals surface area contributed by atoms with Gasteiger partial charge in [-0.3, -0.25) is 16.0 Å². The molecule has 0 amide bonds. The minimum Gasteiger partial charge on any atom is -0.368 e. The van der Waals surface area contributed by atoms with E-state index in [-0.39, 0.29) is 19.8 Å². The third-order valence-electron chi connectivity index (χ3n) is 5.30. The summed E-state index contributed by atoms with van der Waals surface area (Å²) in [6, 6.07) is 31.1. The van der Waals surface area contributed by atoms with Crippen molar-refractivity contribution < 1.29 is 4.74 Å². The fourth-order valence-electron chi connectivity index (χ4n) is 3.58. The standard InChI is InChI=1S/C21H25N3O.C7H8.CH4/c1-2-13-25-16-17-14-22-20(18-9-5-3-6-10-18)24-21(23-15-17)19-11-7-4-8-12-19;1-7-5-3-2-4-6-7;/h1,3-12,17,20-24H,13-16H2;2-6H,1H3;1H4. The lowest BCUT2D eigenvalue weighted by Crippen LogP contribution is -2.49. The molecule has 3 aromatic carbocycles. The predicted molar refractivity (Wildman–Crippen MR) is 139 cm³/mol. The second kappa shape index (κ2) is 15.0. The van der Waals surface area contributed by atoms with Crippen LogP contribution >= 0.6 is 0 Å². The number of hydrogen-bond donors (Lipinski definition) is 3. The van der Waals surface area contributed by atoms with Crippen LogP contribution in [0.1, 0.15) is 36.4 Å². The van der Waals surface area contributed by atoms with Gasteiger partial charge in [0.15, 0.2) is 0 Å². The highest BCUT2D eigenvalue weighted by Gasteiger charge is 2.23. The number of hydrogen-bond acceptors (Lipinski definition) is 4. The van der Waals surface area contributed by atoms with Gasteiger partial charge in [0.25, 0.3) is 0 Å². The monoisotopic (exact) mass is 443 g/mol. The molecule has 0 spiro atoms. The largest absolute Gasteiger partial charge is 0.368 e. The topological polar surface area (TPSA) is 45.3 Å². The van der Waals surface area contributed by atoms with Crippen molar-refractivity contribution in [2.45, 2.75) is 26.7 Å². The number of aryl methyl sites for hydroxylation is 1. The Morgan fingerprint density at radius 2 is 1.24 bits per heavy atom. The molecule has 3 N–H and O–H groups in total. The molecule has 1 saturated heterocycles. The highest BCUT2D eigenvalue weighted by atomic mass is 16.5. The van der Waals surface area contributed by atoms with Crippen LogP contribution in [0.2, 0.25) is 0 Å². The van der Waals surface area contributed by atoms with Crippen LogP contribution in [-0.2, 0) is 4.74 Å². The summed E-state index contributed by atoms with van der Waals surface area (Å²) in [6.45, 7) is 4.80. The van der Waals surface area contributed by atoms with E-state index in [0.717, 1.165) is 13.1 Å². The Kier molecular flexibility index (Phi) is 12.0. The second-order valence-corrected chi connectivity index (χ2v) is 7.91. The Labute approximate surface area is 199 Å². The maximum Gasteiger partial charge on any atom is 0.107 e. The summed E-state index contributed by atoms with van der Waals surface area (Å²) in [6.07, 6.45) is 5.41. The molecule has 4 rings (SSSR count). The molecule has 0 saturated carbocycles. The average Bonchev–Trinajstić information content (AvgIpc) is 2.83. The van der Waals surface area contributed by atoms with Crippen LogP contribution in [0.4, 0.5) is 0 Å². The Morgan fingerprint density at radius 3 is 1.64 bits per heavy atom. The van der Waals surface area contributed by atoms with Gasteiger partial charge in [-0.25, -0.2) is 0 Å². The molecule has 2 atom stereocenters. The van der Waals surface area contributed by atoms with E-state index in [4.69, 9.17) is 11.2 Å². The van der Waals surface area contributed by atoms with Crippen molar-refractivity contribution in [2.75, 3.05) is 26.3 Å². The van der Waals surface area contributed by atoms with Crippen molar-refractivity contribution in [2.24, 2.45) is 5.92 Å². The van der Waals surface area contributed by atoms with Crippen molar-refractivity contribution in [3.8, 4) is 12.3 Å². The second-order valence-electron chi connectivity index (χ2n) is 7.91. The van der Waals surface area contributed by atoms with Crippen LogP contribution < -0.4 is 16.0 Å². The predicted octanol–water partition coefficient (Wildman–Crippen LogP) is 5.06. The van der Waals surface area contributed by atoms with Crippen molar-refractivity contribution in [1.82, 2.24) is 16.0 Å². The molecule has 1 aliphatic rings. The number of rotatable bonds is 5. The lowest BCUT2D eigenvalue weighted by molar-refractivity contribution is 0.113. The van der Waals surface area contributed by atoms with Gasteiger partial charge < -0.3 is 4.74 Å². The van der Waals surface area contributed by atoms with Crippen molar-refractivity contribution in [3.05, 3.63) is 108 Å². The lowest BCUT2D eigenvalue weighted by Gasteiger charge is -2.34. The Hall–Kier alpha value is -2.94. The summed E-state index contributed by atoms with van der Waals surface area (Å²) in [5.41, 5.74) is 3.76. The molecular weight excluding hydrogens is 406 g/mol. The van der Waals surface area contributed by atoms with Crippen LogP contribution in [0.15, 0.2) is 91.0 Å². The minimum atomic E-state index is 0. The molecule has 0 radical (unpaired) electrons. The van der Waals surface area contributed by atoms with Crippen LogP contribution in [0.25, 0.3) is 0 Å². The van der Waals surface area contributed by atoms with E-state index in [9.17, 15) is 0 Å². The number of ether oxygens (including phenoxy) is 1. The molecule has 174 valence electrons. The maximum atomic E-state index is 5.56. The normalized spacial score (nSPS) is 20.1. The first-order chi connectivity index (χ1) is 15.8. The van der Waals surface area contributed by atoms with Crippen molar-refractivity contribution in [1.29, 1.82) is 0 Å². The third-order valence-corrected chi connectivity index (χ3v) is 5.30. The van der Waals surface area contributed by atoms with E-state index in [1.54, 1.807) is 0 Å². The van der Waals surface area contributed by atoms with E-state index < -0.39 is 0 Å². The van der Waals surface area contributed by atoms with E-state index in [2.05, 4.69) is 89.5 Å². The lowest BCUT2D eigenvalue weighted by atomic mass is 10.1. The summed E-state index contributed by atoms with van der Waals surface area (Å²) in [7, 11) is 0. The summed E-state index contributed by atoms with van der Waals surface area (Å²) >= 11 is 0. The highest BCUT2D eigenvalue weighted by molar-refractivity contribution is 5.22. The van der Waals surface area contributed by atoms with Gasteiger partial charge in [0, 0.05) is 19.0 Å². The molecule has 33 heavy (non-hydrogen) atoms. The van der Waals surface area contributed by atoms with Crippen LogP contribution in [0.3, 0.4) is 0 Å². The molecule has 4 nitrogen and oxygen atoms in total. The summed E-state index contributed by atoms with van der Waals surface area (Å²) in [5, 5.41) is 10.9. The molecule has 4 heteroatoms. The van der Waals surface area contributed by atoms with Gasteiger partial charge in [0.2, 0.25) is 0 Å². The first-order valence-corrected chi connectivity index (χ1v) is 11.1. The zero-order valence-corrected chi connectivity index (χ0v) is 18.7. The highest BCUT2D eigenvalue weighted by Crippen LogP contribution is 2.19. The molecule has 0 bridgehead atoms. The molecule has 3 aromatic rings. The smallest absolute Gasteiger partial charge is 0.107 e. The van der Waals surface area contributed by atoms with E-state index in [1.807, 2.05) is 30.3 Å². The molecule has 0 aliphatic carbocycles. The molecule has 1 heterocycles. The Morgan fingerprint density at radius 1 is 0.788 bits per heavy atom. The van der Waals surface area contributed by atoms with E-state index >= 15 is 0 Å². The fourth-order valence-corrected chi connectivity index (χ4v) is 3.58. The number of benzene rings is 3. The molecular formula is C29H37N3O. The SMILES string of the molecule is C.C#CCOCC1CNC(c2ccccc2)NC(c2ccccc2)NC1.Cc1ccccc1. The molecule has 0 aromatic heterocycles. The first kappa shape index (κ1) is 26.3. The van der Waals surface area contributed by atoms with Gasteiger partial charge in [-0.15, -0.1) is 6.42 Å². The van der Waals surface area contributed by atoms with Gasteiger partial charge in [-0.1, -0.05) is 110 Å². The molecule has 1 fully saturated rings. The first-order valence-electron chi connectivity index (χ1n) is 11.1. The summed E-state index contributed by atoms with van der Waals surface area (Å²) < 4.78 is 5.56. The molecule has 2 unspecified atom stereocenters. The quantitative estimate of drug-likeness (QED) is 0.381. The van der Waals surface area contributed by atoms with Crippen LogP contribution in [0.5, 0.6) is 0 Å². The van der Waals surface area contributed by atoms with E-state index in [0.29, 0.717) is 19.1 Å². The fraction of sp³-hybridized carbons (Fsp3) is 0.310. The Balaban J connectivity index is 0.000000413. The molecule has 1 aliphatic heterocycles. The van der Waals surface area contributed by atoms with E-state index in [1.165, 1.54) is 16.7 Å². The van der Waals surface area contributed by atoms with Crippen molar-refractivity contribution in [3.63, 3.8) is 0 Å². The average molecular weight is 444 g/mol. The van der Waals surface area contributed by atoms with Crippen molar-refractivity contribution >= 4 is 0 Å².